The Morgan fingerprint density at radius 2 is 2.53 bits per heavy atom. The maximum absolute atomic E-state index is 11.4. The number of amides is 1. The van der Waals surface area contributed by atoms with Crippen LogP contribution in [0.3, 0.4) is 0 Å². The van der Waals surface area contributed by atoms with Crippen LogP contribution in [0.4, 0.5) is 0 Å². The van der Waals surface area contributed by atoms with E-state index in [-0.39, 0.29) is 18.5 Å². The van der Waals surface area contributed by atoms with Crippen molar-refractivity contribution in [3.8, 4) is 12.3 Å². The van der Waals surface area contributed by atoms with Crippen molar-refractivity contribution in [3.05, 3.63) is 22.4 Å². The second-order valence-electron chi connectivity index (χ2n) is 3.16. The average Bonchev–Trinajstić information content (AvgIpc) is 2.75. The van der Waals surface area contributed by atoms with Crippen LogP contribution >= 0.6 is 11.3 Å². The van der Waals surface area contributed by atoms with Gasteiger partial charge in [0, 0.05) is 6.54 Å². The fraction of sp³-hybridized carbons (Fsp3) is 0.364. The van der Waals surface area contributed by atoms with E-state index < -0.39 is 0 Å². The van der Waals surface area contributed by atoms with Crippen molar-refractivity contribution in [2.45, 2.75) is 19.5 Å². The van der Waals surface area contributed by atoms with Crippen LogP contribution in [0.5, 0.6) is 0 Å². The number of rotatable bonds is 5. The van der Waals surface area contributed by atoms with Crippen LogP contribution in [-0.4, -0.2) is 18.5 Å². The molecule has 1 rings (SSSR count). The molecule has 0 bridgehead atoms. The fourth-order valence-corrected chi connectivity index (χ4v) is 1.72. The highest BCUT2D eigenvalue weighted by Gasteiger charge is 2.10. The molecule has 2 N–H and O–H groups in total. The maximum Gasteiger partial charge on any atom is 0.237 e. The summed E-state index contributed by atoms with van der Waals surface area (Å²) in [5.41, 5.74) is 1.19. The molecule has 0 aliphatic carbocycles. The first kappa shape index (κ1) is 11.8. The first-order valence-electron chi connectivity index (χ1n) is 4.69. The van der Waals surface area contributed by atoms with Crippen molar-refractivity contribution in [2.75, 3.05) is 6.54 Å². The number of thiophene rings is 1. The SMILES string of the molecule is C#CCNC(=O)C(C)NCc1ccsc1. The Morgan fingerprint density at radius 1 is 1.73 bits per heavy atom. The van der Waals surface area contributed by atoms with Crippen molar-refractivity contribution in [1.29, 1.82) is 0 Å². The first-order valence-corrected chi connectivity index (χ1v) is 5.64. The minimum Gasteiger partial charge on any atom is -0.344 e. The van der Waals surface area contributed by atoms with E-state index in [0.717, 1.165) is 0 Å². The van der Waals surface area contributed by atoms with Crippen molar-refractivity contribution < 1.29 is 4.79 Å². The monoisotopic (exact) mass is 222 g/mol. The van der Waals surface area contributed by atoms with Gasteiger partial charge >= 0.3 is 0 Å². The fourth-order valence-electron chi connectivity index (χ4n) is 1.05. The molecule has 0 radical (unpaired) electrons. The molecule has 3 nitrogen and oxygen atoms in total. The summed E-state index contributed by atoms with van der Waals surface area (Å²) in [5, 5.41) is 9.82. The summed E-state index contributed by atoms with van der Waals surface area (Å²) in [6.45, 7) is 2.80. The summed E-state index contributed by atoms with van der Waals surface area (Å²) < 4.78 is 0. The zero-order valence-corrected chi connectivity index (χ0v) is 9.43. The smallest absolute Gasteiger partial charge is 0.237 e. The summed E-state index contributed by atoms with van der Waals surface area (Å²) in [4.78, 5) is 11.4. The topological polar surface area (TPSA) is 41.1 Å². The van der Waals surface area contributed by atoms with E-state index in [2.05, 4.69) is 21.9 Å². The molecule has 0 saturated heterocycles. The van der Waals surface area contributed by atoms with Gasteiger partial charge in [-0.05, 0) is 29.3 Å². The van der Waals surface area contributed by atoms with Gasteiger partial charge in [0.2, 0.25) is 5.91 Å². The minimum atomic E-state index is -0.224. The van der Waals surface area contributed by atoms with E-state index in [4.69, 9.17) is 6.42 Å². The molecule has 0 aromatic carbocycles. The summed E-state index contributed by atoms with van der Waals surface area (Å²) in [6.07, 6.45) is 5.04. The highest BCUT2D eigenvalue weighted by atomic mass is 32.1. The third-order valence-corrected chi connectivity index (χ3v) is 2.68. The largest absolute Gasteiger partial charge is 0.344 e. The molecule has 80 valence electrons. The van der Waals surface area contributed by atoms with Gasteiger partial charge < -0.3 is 10.6 Å². The highest BCUT2D eigenvalue weighted by Crippen LogP contribution is 2.05. The molecule has 1 amide bonds. The molecule has 0 fully saturated rings. The van der Waals surface area contributed by atoms with Crippen LogP contribution in [-0.2, 0) is 11.3 Å². The number of hydrogen-bond acceptors (Lipinski definition) is 3. The molecule has 0 saturated carbocycles. The van der Waals surface area contributed by atoms with E-state index in [1.54, 1.807) is 11.3 Å². The first-order chi connectivity index (χ1) is 7.24. The van der Waals surface area contributed by atoms with Gasteiger partial charge in [-0.25, -0.2) is 0 Å². The molecule has 1 aromatic rings. The van der Waals surface area contributed by atoms with E-state index in [1.165, 1.54) is 5.56 Å². The number of nitrogens with one attached hydrogen (secondary N) is 2. The van der Waals surface area contributed by atoms with Crippen LogP contribution in [0.15, 0.2) is 16.8 Å². The van der Waals surface area contributed by atoms with Crippen LogP contribution in [0.25, 0.3) is 0 Å². The second-order valence-corrected chi connectivity index (χ2v) is 3.94. The summed E-state index contributed by atoms with van der Waals surface area (Å²) in [5.74, 6) is 2.30. The normalized spacial score (nSPS) is 11.7. The van der Waals surface area contributed by atoms with Gasteiger partial charge in [0.15, 0.2) is 0 Å². The zero-order chi connectivity index (χ0) is 11.1. The number of hydrogen-bond donors (Lipinski definition) is 2. The third kappa shape index (κ3) is 4.15. The van der Waals surface area contributed by atoms with Gasteiger partial charge in [-0.2, -0.15) is 11.3 Å². The molecule has 0 aliphatic heterocycles. The Hall–Kier alpha value is -1.31. The van der Waals surface area contributed by atoms with Gasteiger partial charge in [0.1, 0.15) is 0 Å². The summed E-state index contributed by atoms with van der Waals surface area (Å²) >= 11 is 1.65. The van der Waals surface area contributed by atoms with E-state index in [9.17, 15) is 4.79 Å². The number of carbonyl (C=O) groups excluding carboxylic acids is 1. The van der Waals surface area contributed by atoms with Crippen molar-refractivity contribution in [1.82, 2.24) is 10.6 Å². The lowest BCUT2D eigenvalue weighted by Crippen LogP contribution is -2.41. The molecule has 1 unspecified atom stereocenters. The highest BCUT2D eigenvalue weighted by molar-refractivity contribution is 7.07. The van der Waals surface area contributed by atoms with Gasteiger partial charge in [-0.3, -0.25) is 4.79 Å². The summed E-state index contributed by atoms with van der Waals surface area (Å²) in [7, 11) is 0. The molecule has 4 heteroatoms. The molecule has 0 spiro atoms. The van der Waals surface area contributed by atoms with Gasteiger partial charge in [-0.1, -0.05) is 5.92 Å². The second kappa shape index (κ2) is 6.23. The quantitative estimate of drug-likeness (QED) is 0.729. The van der Waals surface area contributed by atoms with Crippen molar-refractivity contribution >= 4 is 17.2 Å². The lowest BCUT2D eigenvalue weighted by molar-refractivity contribution is -0.122. The Balaban J connectivity index is 2.27. The van der Waals surface area contributed by atoms with Gasteiger partial charge in [-0.15, -0.1) is 6.42 Å². The van der Waals surface area contributed by atoms with E-state index >= 15 is 0 Å². The zero-order valence-electron chi connectivity index (χ0n) is 8.62. The molecule has 1 heterocycles. The molecule has 1 atom stereocenters. The van der Waals surface area contributed by atoms with E-state index in [1.807, 2.05) is 18.4 Å². The average molecular weight is 222 g/mol. The Bertz CT molecular complexity index is 340. The van der Waals surface area contributed by atoms with Gasteiger partial charge in [0.25, 0.3) is 0 Å². The molecular weight excluding hydrogens is 208 g/mol. The molecule has 0 aliphatic rings. The van der Waals surface area contributed by atoms with E-state index in [0.29, 0.717) is 6.54 Å². The minimum absolute atomic E-state index is 0.0665. The Morgan fingerprint density at radius 3 is 3.13 bits per heavy atom. The van der Waals surface area contributed by atoms with Crippen LogP contribution in [0.2, 0.25) is 0 Å². The van der Waals surface area contributed by atoms with Crippen LogP contribution in [0, 0.1) is 12.3 Å². The Kier molecular flexibility index (Phi) is 4.88. The van der Waals surface area contributed by atoms with Crippen molar-refractivity contribution in [2.24, 2.45) is 0 Å². The Labute approximate surface area is 93.9 Å². The lowest BCUT2D eigenvalue weighted by Gasteiger charge is -2.12. The predicted molar refractivity (Wildman–Crippen MR) is 62.5 cm³/mol. The van der Waals surface area contributed by atoms with Crippen molar-refractivity contribution in [3.63, 3.8) is 0 Å². The molecule has 1 aromatic heterocycles. The molecular formula is C11H14N2OS. The predicted octanol–water partition coefficient (Wildman–Crippen LogP) is 0.976. The van der Waals surface area contributed by atoms with Crippen LogP contribution in [0.1, 0.15) is 12.5 Å². The maximum atomic E-state index is 11.4. The van der Waals surface area contributed by atoms with Gasteiger partial charge in [0.05, 0.1) is 12.6 Å². The lowest BCUT2D eigenvalue weighted by atomic mass is 10.2. The third-order valence-electron chi connectivity index (χ3n) is 1.95. The number of carbonyl (C=O) groups is 1. The number of terminal acetylenes is 1. The summed E-state index contributed by atoms with van der Waals surface area (Å²) in [6, 6.07) is 1.81. The van der Waals surface area contributed by atoms with Crippen LogP contribution < -0.4 is 10.6 Å². The standard InChI is InChI=1S/C11H14N2OS/c1-3-5-12-11(14)9(2)13-7-10-4-6-15-8-10/h1,4,6,8-9,13H,5,7H2,2H3,(H,12,14). The molecule has 15 heavy (non-hydrogen) atoms.